The molecule has 0 aliphatic rings. The summed E-state index contributed by atoms with van der Waals surface area (Å²) < 4.78 is 16.0. The SMILES string of the molecule is COC(=O)c1coc(-c2ccc(C(C)(c3ccc(OCc4nccs4)cc3)C(C)C)cc2)n1. The number of hydrogen-bond donors (Lipinski definition) is 0. The molecular weight excluding hydrogens is 436 g/mol. The van der Waals surface area contributed by atoms with Gasteiger partial charge in [-0.05, 0) is 41.3 Å². The number of rotatable bonds is 8. The lowest BCUT2D eigenvalue weighted by Gasteiger charge is -2.35. The van der Waals surface area contributed by atoms with Gasteiger partial charge in [0.1, 0.15) is 23.6 Å². The maximum absolute atomic E-state index is 11.6. The van der Waals surface area contributed by atoms with Crippen LogP contribution in [-0.4, -0.2) is 23.0 Å². The van der Waals surface area contributed by atoms with E-state index in [1.54, 1.807) is 17.5 Å². The molecule has 0 fully saturated rings. The molecule has 7 heteroatoms. The largest absolute Gasteiger partial charge is 0.486 e. The number of esters is 1. The zero-order valence-electron chi connectivity index (χ0n) is 19.1. The van der Waals surface area contributed by atoms with E-state index in [9.17, 15) is 4.79 Å². The molecule has 2 heterocycles. The van der Waals surface area contributed by atoms with Crippen molar-refractivity contribution in [3.8, 4) is 17.2 Å². The summed E-state index contributed by atoms with van der Waals surface area (Å²) in [6, 6.07) is 16.4. The summed E-state index contributed by atoms with van der Waals surface area (Å²) >= 11 is 1.58. The number of oxazole rings is 1. The van der Waals surface area contributed by atoms with Crippen LogP contribution in [0.2, 0.25) is 0 Å². The molecule has 0 radical (unpaired) electrons. The van der Waals surface area contributed by atoms with Crippen LogP contribution in [0.3, 0.4) is 0 Å². The molecule has 0 amide bonds. The van der Waals surface area contributed by atoms with Crippen LogP contribution in [0.25, 0.3) is 11.5 Å². The van der Waals surface area contributed by atoms with E-state index in [1.165, 1.54) is 24.5 Å². The number of nitrogens with zero attached hydrogens (tertiary/aromatic N) is 2. The highest BCUT2D eigenvalue weighted by atomic mass is 32.1. The van der Waals surface area contributed by atoms with Gasteiger partial charge < -0.3 is 13.9 Å². The lowest BCUT2D eigenvalue weighted by Crippen LogP contribution is -2.30. The fraction of sp³-hybridized carbons (Fsp3) is 0.269. The highest BCUT2D eigenvalue weighted by molar-refractivity contribution is 7.09. The smallest absolute Gasteiger partial charge is 0.360 e. The second kappa shape index (κ2) is 9.58. The Kier molecular flexibility index (Phi) is 6.60. The van der Waals surface area contributed by atoms with Crippen molar-refractivity contribution < 1.29 is 18.7 Å². The number of benzene rings is 2. The molecular formula is C26H26N2O4S. The van der Waals surface area contributed by atoms with Crippen molar-refractivity contribution in [2.45, 2.75) is 32.8 Å². The van der Waals surface area contributed by atoms with Crippen LogP contribution < -0.4 is 4.74 Å². The lowest BCUT2D eigenvalue weighted by molar-refractivity contribution is 0.0594. The zero-order valence-corrected chi connectivity index (χ0v) is 19.9. The number of aromatic nitrogens is 2. The van der Waals surface area contributed by atoms with Crippen molar-refractivity contribution in [1.29, 1.82) is 0 Å². The van der Waals surface area contributed by atoms with E-state index in [4.69, 9.17) is 13.9 Å². The Morgan fingerprint density at radius 2 is 1.76 bits per heavy atom. The highest BCUT2D eigenvalue weighted by Crippen LogP contribution is 2.40. The summed E-state index contributed by atoms with van der Waals surface area (Å²) in [5.74, 6) is 1.03. The normalized spacial score (nSPS) is 13.0. The van der Waals surface area contributed by atoms with Gasteiger partial charge in [-0.25, -0.2) is 14.8 Å². The van der Waals surface area contributed by atoms with Gasteiger partial charge in [0.05, 0.1) is 7.11 Å². The van der Waals surface area contributed by atoms with Gasteiger partial charge in [0.25, 0.3) is 0 Å². The number of hydrogen-bond acceptors (Lipinski definition) is 7. The van der Waals surface area contributed by atoms with E-state index in [0.717, 1.165) is 16.3 Å². The fourth-order valence-electron chi connectivity index (χ4n) is 3.76. The number of thiazole rings is 1. The first kappa shape index (κ1) is 22.7. The molecule has 0 N–H and O–H groups in total. The minimum Gasteiger partial charge on any atom is -0.486 e. The van der Waals surface area contributed by atoms with E-state index in [0.29, 0.717) is 18.4 Å². The van der Waals surface area contributed by atoms with Crippen molar-refractivity contribution in [2.75, 3.05) is 7.11 Å². The summed E-state index contributed by atoms with van der Waals surface area (Å²) in [5.41, 5.74) is 3.13. The molecule has 4 aromatic rings. The molecule has 0 saturated carbocycles. The first-order valence-electron chi connectivity index (χ1n) is 10.7. The molecule has 0 aliphatic carbocycles. The van der Waals surface area contributed by atoms with Gasteiger partial charge in [-0.15, -0.1) is 11.3 Å². The molecule has 4 rings (SSSR count). The van der Waals surface area contributed by atoms with Gasteiger partial charge in [0.2, 0.25) is 5.89 Å². The quantitative estimate of drug-likeness (QED) is 0.293. The third kappa shape index (κ3) is 4.68. The average Bonchev–Trinajstić information content (AvgIpc) is 3.54. The number of methoxy groups -OCH3 is 1. The van der Waals surface area contributed by atoms with Gasteiger partial charge >= 0.3 is 5.97 Å². The van der Waals surface area contributed by atoms with Crippen LogP contribution in [-0.2, 0) is 16.8 Å². The van der Waals surface area contributed by atoms with Gasteiger partial charge in [-0.1, -0.05) is 45.0 Å². The van der Waals surface area contributed by atoms with Gasteiger partial charge in [0, 0.05) is 22.6 Å². The Bertz CT molecular complexity index is 1200. The van der Waals surface area contributed by atoms with Crippen molar-refractivity contribution >= 4 is 17.3 Å². The fourth-order valence-corrected chi connectivity index (χ4v) is 4.29. The Balaban J connectivity index is 1.55. The maximum Gasteiger partial charge on any atom is 0.360 e. The van der Waals surface area contributed by atoms with Gasteiger partial charge in [0.15, 0.2) is 5.69 Å². The Hall–Kier alpha value is -3.45. The second-order valence-electron chi connectivity index (χ2n) is 8.20. The maximum atomic E-state index is 11.6. The summed E-state index contributed by atoms with van der Waals surface area (Å²) in [5, 5.41) is 2.90. The molecule has 1 unspecified atom stereocenters. The Morgan fingerprint density at radius 3 is 2.33 bits per heavy atom. The first-order chi connectivity index (χ1) is 15.9. The Morgan fingerprint density at radius 1 is 1.09 bits per heavy atom. The molecule has 2 aromatic carbocycles. The van der Waals surface area contributed by atoms with E-state index < -0.39 is 5.97 Å². The number of carbonyl (C=O) groups is 1. The van der Waals surface area contributed by atoms with Gasteiger partial charge in [-0.3, -0.25) is 0 Å². The van der Waals surface area contributed by atoms with E-state index in [1.807, 2.05) is 29.6 Å². The molecule has 170 valence electrons. The first-order valence-corrected chi connectivity index (χ1v) is 11.6. The standard InChI is InChI=1S/C26H26N2O4S/c1-17(2)26(3,20-9-11-21(12-10-20)31-16-23-27-13-14-33-23)19-7-5-18(6-8-19)24-28-22(15-32-24)25(29)30-4/h5-15,17H,16H2,1-4H3. The molecule has 1 atom stereocenters. The van der Waals surface area contributed by atoms with Gasteiger partial charge in [-0.2, -0.15) is 0 Å². The number of ether oxygens (including phenoxy) is 2. The van der Waals surface area contributed by atoms with E-state index in [2.05, 4.69) is 55.0 Å². The predicted octanol–water partition coefficient (Wildman–Crippen LogP) is 6.13. The summed E-state index contributed by atoms with van der Waals surface area (Å²) in [6.45, 7) is 7.16. The van der Waals surface area contributed by atoms with Crippen molar-refractivity contribution in [1.82, 2.24) is 9.97 Å². The summed E-state index contributed by atoms with van der Waals surface area (Å²) in [4.78, 5) is 20.1. The van der Waals surface area contributed by atoms with Crippen LogP contribution in [0.4, 0.5) is 0 Å². The average molecular weight is 463 g/mol. The highest BCUT2D eigenvalue weighted by Gasteiger charge is 2.32. The minimum absolute atomic E-state index is 0.153. The van der Waals surface area contributed by atoms with Crippen LogP contribution >= 0.6 is 11.3 Å². The van der Waals surface area contributed by atoms with Crippen molar-refractivity contribution in [3.05, 3.63) is 88.2 Å². The topological polar surface area (TPSA) is 74.5 Å². The third-order valence-corrected chi connectivity index (χ3v) is 6.84. The minimum atomic E-state index is -0.520. The van der Waals surface area contributed by atoms with Crippen LogP contribution in [0.5, 0.6) is 5.75 Å². The molecule has 0 spiro atoms. The van der Waals surface area contributed by atoms with Crippen LogP contribution in [0, 0.1) is 5.92 Å². The summed E-state index contributed by atoms with van der Waals surface area (Å²) in [7, 11) is 1.32. The van der Waals surface area contributed by atoms with Crippen molar-refractivity contribution in [3.63, 3.8) is 0 Å². The van der Waals surface area contributed by atoms with Crippen LogP contribution in [0.1, 0.15) is 47.4 Å². The van der Waals surface area contributed by atoms with Crippen LogP contribution in [0.15, 0.2) is 70.8 Å². The molecule has 2 aromatic heterocycles. The van der Waals surface area contributed by atoms with E-state index >= 15 is 0 Å². The number of carbonyl (C=O) groups excluding carboxylic acids is 1. The lowest BCUT2D eigenvalue weighted by atomic mass is 9.68. The molecule has 33 heavy (non-hydrogen) atoms. The molecule has 0 saturated heterocycles. The predicted molar refractivity (Wildman–Crippen MR) is 127 cm³/mol. The third-order valence-electron chi connectivity index (χ3n) is 6.08. The summed E-state index contributed by atoms with van der Waals surface area (Å²) in [6.07, 6.45) is 3.09. The second-order valence-corrected chi connectivity index (χ2v) is 9.18. The Labute approximate surface area is 197 Å². The molecule has 0 bridgehead atoms. The monoisotopic (exact) mass is 462 g/mol. The van der Waals surface area contributed by atoms with Crippen molar-refractivity contribution in [2.24, 2.45) is 5.92 Å². The molecule has 6 nitrogen and oxygen atoms in total. The zero-order chi connectivity index (χ0) is 23.4. The van der Waals surface area contributed by atoms with E-state index in [-0.39, 0.29) is 11.1 Å². The molecule has 0 aliphatic heterocycles.